The molecule has 8 N–H and O–H groups in total. The molecular formula is C72H108N16O19S4. The number of aliphatic hydroxyl groups is 1. The van der Waals surface area contributed by atoms with Gasteiger partial charge in [0.1, 0.15) is 65.2 Å². The van der Waals surface area contributed by atoms with Crippen molar-refractivity contribution in [1.82, 2.24) is 60.4 Å². The number of aryl methyl sites for hydroxylation is 4. The molecule has 111 heavy (non-hydrogen) atoms. The van der Waals surface area contributed by atoms with Crippen LogP contribution in [0.1, 0.15) is 111 Å². The number of hydrogen-bond donors (Lipinski definition) is 7. The second-order valence-electron chi connectivity index (χ2n) is 28.6. The highest BCUT2D eigenvalue weighted by atomic mass is 32.1. The number of nitrogen functional groups attached to an aromatic ring is 1. The molecule has 0 unspecified atom stereocenters. The summed E-state index contributed by atoms with van der Waals surface area (Å²) in [6.45, 7) is 29.0. The number of ether oxygens (including phenoxy) is 7. The highest BCUT2D eigenvalue weighted by Crippen LogP contribution is 2.33. The molecule has 0 fully saturated rings. The fourth-order valence-corrected chi connectivity index (χ4v) is 8.77. The SMILES string of the molecule is C[C@@H](CO)NC(=O)OC(C)(C)C.C[C@@H](COc1cc(-c2cnn(C)c2)cc([N+](=O)[O-])c1)NC(=O)OC(C)(C)C.C[C@@H](COc1cc(-c2cnn(C)c2)cc([N+](=O)[O-])c1)NC(=O)OC(C)(C)C.C[C@@H](COc1cc(N)cc(-c2cnn(C)c2)c1)NC(=O)OC(C)(C)C.Cn1cc(-c2cc(O)cc([N+](=O)[O-])c2)cn1.S.S.S.S. The summed E-state index contributed by atoms with van der Waals surface area (Å²) >= 11 is 0. The van der Waals surface area contributed by atoms with Crippen LogP contribution in [0.4, 0.5) is 41.9 Å². The first-order valence-corrected chi connectivity index (χ1v) is 33.5. The largest absolute Gasteiger partial charge is 0.508 e. The number of nitro groups is 3. The zero-order chi connectivity index (χ0) is 80.5. The van der Waals surface area contributed by atoms with E-state index in [0.29, 0.717) is 46.2 Å². The normalized spacial score (nSPS) is 11.8. The quantitative estimate of drug-likeness (QED) is 0.0152. The first kappa shape index (κ1) is 100. The van der Waals surface area contributed by atoms with Gasteiger partial charge in [0.25, 0.3) is 17.1 Å². The summed E-state index contributed by atoms with van der Waals surface area (Å²) in [7, 11) is 7.14. The van der Waals surface area contributed by atoms with Crippen LogP contribution in [0.3, 0.4) is 0 Å². The Morgan fingerprint density at radius 2 is 0.649 bits per heavy atom. The first-order chi connectivity index (χ1) is 49.6. The summed E-state index contributed by atoms with van der Waals surface area (Å²) in [6.07, 6.45) is 11.7. The van der Waals surface area contributed by atoms with Gasteiger partial charge >= 0.3 is 24.4 Å². The first-order valence-electron chi connectivity index (χ1n) is 33.5. The monoisotopic (exact) mass is 1630 g/mol. The Morgan fingerprint density at radius 3 is 0.892 bits per heavy atom. The van der Waals surface area contributed by atoms with Crippen LogP contribution < -0.4 is 41.2 Å². The molecule has 4 amide bonds. The van der Waals surface area contributed by atoms with Crippen LogP contribution >= 0.6 is 54.0 Å². The number of phenolic OH excluding ortho intramolecular Hbond substituents is 1. The lowest BCUT2D eigenvalue weighted by molar-refractivity contribution is -0.385. The van der Waals surface area contributed by atoms with Gasteiger partial charge < -0.3 is 70.4 Å². The van der Waals surface area contributed by atoms with Crippen molar-refractivity contribution in [3.63, 3.8) is 0 Å². The lowest BCUT2D eigenvalue weighted by atomic mass is 10.1. The maximum atomic E-state index is 11.8. The van der Waals surface area contributed by atoms with Crippen LogP contribution in [0, 0.1) is 30.3 Å². The number of aliphatic hydroxyl groups excluding tert-OH is 1. The predicted molar refractivity (Wildman–Crippen MR) is 441 cm³/mol. The number of nitrogens with two attached hydrogens (primary N) is 1. The number of carbonyl (C=O) groups excluding carboxylic acids is 4. The van der Waals surface area contributed by atoms with Crippen LogP contribution in [0.15, 0.2) is 122 Å². The van der Waals surface area contributed by atoms with E-state index in [4.69, 9.17) is 44.0 Å². The van der Waals surface area contributed by atoms with Crippen molar-refractivity contribution in [3.05, 3.63) is 153 Å². The molecule has 614 valence electrons. The van der Waals surface area contributed by atoms with Crippen LogP contribution in [0.2, 0.25) is 0 Å². The van der Waals surface area contributed by atoms with Gasteiger partial charge in [0.15, 0.2) is 0 Å². The topological polar surface area (TPSA) is 448 Å². The molecule has 39 heteroatoms. The molecular weight excluding hydrogens is 1520 g/mol. The highest BCUT2D eigenvalue weighted by Gasteiger charge is 2.24. The second kappa shape index (κ2) is 45.5. The van der Waals surface area contributed by atoms with Crippen molar-refractivity contribution in [1.29, 1.82) is 0 Å². The van der Waals surface area contributed by atoms with Crippen LogP contribution in [-0.2, 0) is 47.1 Å². The molecule has 0 radical (unpaired) electrons. The van der Waals surface area contributed by atoms with Gasteiger partial charge in [0.2, 0.25) is 0 Å². The number of benzene rings is 4. The third-order valence-corrected chi connectivity index (χ3v) is 13.2. The van der Waals surface area contributed by atoms with Crippen molar-refractivity contribution in [3.8, 4) is 67.5 Å². The standard InChI is InChI=1S/2C18H24N4O5.C18H26N4O3.C10H9N3O3.C8H17NO3.4H2S/c2*1-12(20-17(23)27-18(2,3)4)11-26-16-7-13(6-15(8-16)22(24)25)14-9-19-21(5)10-14;1-12(21-17(23)25-18(2,3)4)11-24-16-7-13(6-15(19)8-16)14-9-20-22(5)10-14;1-12-6-8(5-11-12)7-2-9(13(15)16)4-10(14)3-7;1-6(5-10)9-7(11)12-8(2,3)4;;;;/h2*6-10,12H,11H2,1-5H3,(H,20,23);6-10,12H,11,19H2,1-5H3,(H,21,23);2-6,14H,1H3;6,10H,5H2,1-4H3,(H,9,11);4*1H2/t3*12-;;6-;;;;/m000.0..../s1. The Kier molecular flexibility index (Phi) is 41.1. The lowest BCUT2D eigenvalue weighted by Crippen LogP contribution is -2.40. The lowest BCUT2D eigenvalue weighted by Gasteiger charge is -2.22. The highest BCUT2D eigenvalue weighted by molar-refractivity contribution is 7.59. The van der Waals surface area contributed by atoms with Crippen LogP contribution in [-0.4, -0.2) is 161 Å². The number of non-ortho nitro benzene ring substituents is 3. The fraction of sp³-hybridized carbons (Fsp3) is 0.444. The number of phenols is 1. The number of hydrogen-bond acceptors (Lipinski definition) is 24. The third-order valence-electron chi connectivity index (χ3n) is 13.2. The predicted octanol–water partition coefficient (Wildman–Crippen LogP) is 12.6. The average molecular weight is 1630 g/mol. The Bertz CT molecular complexity index is 4160. The van der Waals surface area contributed by atoms with E-state index in [0.717, 1.165) is 33.9 Å². The Balaban J connectivity index is 0.00000138. The van der Waals surface area contributed by atoms with Crippen molar-refractivity contribution >= 4 is 101 Å². The third kappa shape index (κ3) is 39.5. The van der Waals surface area contributed by atoms with E-state index >= 15 is 0 Å². The van der Waals surface area contributed by atoms with Gasteiger partial charge in [-0.15, -0.1) is 0 Å². The summed E-state index contributed by atoms with van der Waals surface area (Å²) in [5, 5.41) is 77.9. The van der Waals surface area contributed by atoms with Gasteiger partial charge in [-0.1, -0.05) is 0 Å². The summed E-state index contributed by atoms with van der Waals surface area (Å²) in [6, 6.07) is 17.3. The summed E-state index contributed by atoms with van der Waals surface area (Å²) in [4.78, 5) is 77.8. The van der Waals surface area contributed by atoms with E-state index in [1.807, 2.05) is 53.1 Å². The molecule has 0 aliphatic carbocycles. The minimum Gasteiger partial charge on any atom is -0.508 e. The molecule has 0 saturated carbocycles. The van der Waals surface area contributed by atoms with Crippen molar-refractivity contribution in [2.75, 3.05) is 32.2 Å². The maximum Gasteiger partial charge on any atom is 0.407 e. The molecule has 4 heterocycles. The van der Waals surface area contributed by atoms with Crippen molar-refractivity contribution in [2.24, 2.45) is 28.2 Å². The molecule has 0 aliphatic rings. The van der Waals surface area contributed by atoms with Gasteiger partial charge in [-0.2, -0.15) is 74.4 Å². The minimum absolute atomic E-state index is 0. The van der Waals surface area contributed by atoms with Crippen molar-refractivity contribution < 1.29 is 77.3 Å². The number of alkyl carbamates (subject to hydrolysis) is 4. The average Bonchev–Trinajstić information content (AvgIpc) is 1.69. The number of aromatic nitrogens is 8. The molecule has 8 rings (SSSR count). The van der Waals surface area contributed by atoms with Gasteiger partial charge in [-0.3, -0.25) is 49.1 Å². The Morgan fingerprint density at radius 1 is 0.405 bits per heavy atom. The van der Waals surface area contributed by atoms with E-state index in [1.54, 1.807) is 185 Å². The van der Waals surface area contributed by atoms with Gasteiger partial charge in [-0.05, 0) is 163 Å². The zero-order valence-electron chi connectivity index (χ0n) is 66.0. The van der Waals surface area contributed by atoms with E-state index in [-0.39, 0.29) is 121 Å². The molecule has 0 saturated heterocycles. The van der Waals surface area contributed by atoms with E-state index in [9.17, 15) is 54.6 Å². The summed E-state index contributed by atoms with van der Waals surface area (Å²) < 4.78 is 44.2. The summed E-state index contributed by atoms with van der Waals surface area (Å²) in [5.74, 6) is 1.17. The molecule has 35 nitrogen and oxygen atoms in total. The number of amides is 4. The second-order valence-corrected chi connectivity index (χ2v) is 28.6. The van der Waals surface area contributed by atoms with Gasteiger partial charge in [-0.25, -0.2) is 19.2 Å². The number of aromatic hydroxyl groups is 1. The molecule has 4 aromatic carbocycles. The maximum absolute atomic E-state index is 11.8. The number of nitro benzene ring substituents is 3. The van der Waals surface area contributed by atoms with E-state index in [1.165, 1.54) is 36.4 Å². The number of nitrogens with one attached hydrogen (secondary N) is 4. The smallest absolute Gasteiger partial charge is 0.407 e. The molecule has 0 aliphatic heterocycles. The number of rotatable bonds is 21. The fourth-order valence-electron chi connectivity index (χ4n) is 8.77. The molecule has 0 bridgehead atoms. The molecule has 0 spiro atoms. The molecule has 4 atom stereocenters. The van der Waals surface area contributed by atoms with Gasteiger partial charge in [0.05, 0.1) is 88.5 Å². The van der Waals surface area contributed by atoms with E-state index in [2.05, 4.69) is 41.7 Å². The number of anilines is 1. The number of carbonyl (C=O) groups is 4. The van der Waals surface area contributed by atoms with Gasteiger partial charge in [0, 0.05) is 105 Å². The zero-order valence-corrected chi connectivity index (χ0v) is 70.0. The molecule has 8 aromatic rings. The minimum atomic E-state index is -0.594. The Hall–Kier alpha value is -10.6. The van der Waals surface area contributed by atoms with Crippen molar-refractivity contribution in [2.45, 2.75) is 157 Å². The molecule has 4 aromatic heterocycles. The Labute approximate surface area is 673 Å². The summed E-state index contributed by atoms with van der Waals surface area (Å²) in [5.41, 5.74) is 9.96. The number of nitrogens with zero attached hydrogens (tertiary/aromatic N) is 11. The van der Waals surface area contributed by atoms with E-state index < -0.39 is 61.5 Å². The van der Waals surface area contributed by atoms with Crippen LogP contribution in [0.5, 0.6) is 23.0 Å². The van der Waals surface area contributed by atoms with Crippen LogP contribution in [0.25, 0.3) is 44.5 Å².